The molecule has 2 heterocycles. The normalized spacial score (nSPS) is 19.4. The minimum Gasteiger partial charge on any atom is -0.399 e. The van der Waals surface area contributed by atoms with Gasteiger partial charge < -0.3 is 13.9 Å². The first-order chi connectivity index (χ1) is 17.7. The van der Waals surface area contributed by atoms with Crippen molar-refractivity contribution in [3.8, 4) is 16.8 Å². The maximum atomic E-state index is 15.5. The Kier molecular flexibility index (Phi) is 5.55. The lowest BCUT2D eigenvalue weighted by molar-refractivity contribution is -0.0435. The van der Waals surface area contributed by atoms with Crippen LogP contribution in [0.1, 0.15) is 34.6 Å². The number of nitrogens with zero attached hydrogens (tertiary/aromatic N) is 1. The van der Waals surface area contributed by atoms with Gasteiger partial charge in [0.1, 0.15) is 5.82 Å². The molecule has 0 N–H and O–H groups in total. The molecule has 1 unspecified atom stereocenters. The number of para-hydroxylation sites is 3. The Bertz CT molecular complexity index is 1590. The van der Waals surface area contributed by atoms with Crippen molar-refractivity contribution in [2.45, 2.75) is 45.8 Å². The number of aromatic nitrogens is 1. The van der Waals surface area contributed by atoms with E-state index in [0.29, 0.717) is 5.56 Å². The van der Waals surface area contributed by atoms with Crippen LogP contribution in [-0.4, -0.2) is 22.9 Å². The van der Waals surface area contributed by atoms with Crippen LogP contribution in [0.3, 0.4) is 0 Å². The van der Waals surface area contributed by atoms with Crippen LogP contribution in [0.4, 0.5) is 4.39 Å². The minimum atomic E-state index is -0.567. The molecule has 1 saturated heterocycles. The molecule has 37 heavy (non-hydrogen) atoms. The highest BCUT2D eigenvalue weighted by Gasteiger charge is 2.56. The minimum absolute atomic E-state index is 0.253. The third kappa shape index (κ3) is 3.64. The van der Waals surface area contributed by atoms with Crippen LogP contribution < -0.4 is 5.46 Å². The summed E-state index contributed by atoms with van der Waals surface area (Å²) in [6.07, 6.45) is 0. The van der Waals surface area contributed by atoms with Crippen molar-refractivity contribution < 1.29 is 13.7 Å². The Balaban J connectivity index is 1.52. The van der Waals surface area contributed by atoms with Gasteiger partial charge in [-0.15, -0.1) is 0 Å². The summed E-state index contributed by atoms with van der Waals surface area (Å²) < 4.78 is 30.7. The molecule has 0 saturated carbocycles. The molecule has 3 nitrogen and oxygen atoms in total. The van der Waals surface area contributed by atoms with Crippen LogP contribution in [-0.2, 0) is 9.31 Å². The predicted octanol–water partition coefficient (Wildman–Crippen LogP) is 7.53. The lowest BCUT2D eigenvalue weighted by Crippen LogP contribution is -2.48. The van der Waals surface area contributed by atoms with E-state index in [4.69, 9.17) is 9.31 Å². The molecule has 1 atom stereocenters. The van der Waals surface area contributed by atoms with Gasteiger partial charge in [-0.25, -0.2) is 4.39 Å². The summed E-state index contributed by atoms with van der Waals surface area (Å²) in [4.78, 5) is 0. The van der Waals surface area contributed by atoms with Crippen molar-refractivity contribution in [1.29, 1.82) is 0 Å². The van der Waals surface area contributed by atoms with Crippen molar-refractivity contribution in [3.05, 3.63) is 96.8 Å². The molecule has 1 fully saturated rings. The zero-order valence-corrected chi connectivity index (χ0v) is 22.0. The van der Waals surface area contributed by atoms with Crippen molar-refractivity contribution in [2.75, 3.05) is 0 Å². The van der Waals surface area contributed by atoms with Gasteiger partial charge in [0.05, 0.1) is 27.9 Å². The van der Waals surface area contributed by atoms with Crippen molar-refractivity contribution in [1.82, 2.24) is 4.57 Å². The van der Waals surface area contributed by atoms with Gasteiger partial charge in [0.25, 0.3) is 0 Å². The van der Waals surface area contributed by atoms with Crippen LogP contribution >= 0.6 is 0 Å². The number of halogens is 1. The lowest BCUT2D eigenvalue weighted by Gasteiger charge is -2.39. The zero-order valence-electron chi connectivity index (χ0n) is 22.0. The van der Waals surface area contributed by atoms with Gasteiger partial charge in [0, 0.05) is 21.9 Å². The molecule has 1 aromatic heterocycles. The predicted molar refractivity (Wildman–Crippen MR) is 151 cm³/mol. The molecule has 5 aromatic rings. The third-order valence-electron chi connectivity index (χ3n) is 8.33. The van der Waals surface area contributed by atoms with E-state index in [1.165, 1.54) is 16.8 Å². The number of rotatable bonds is 4. The second kappa shape index (κ2) is 8.58. The van der Waals surface area contributed by atoms with Crippen LogP contribution in [0, 0.1) is 11.7 Å². The zero-order chi connectivity index (χ0) is 25.9. The van der Waals surface area contributed by atoms with E-state index in [1.54, 1.807) is 6.07 Å². The molecular weight excluding hydrogens is 460 g/mol. The fourth-order valence-corrected chi connectivity index (χ4v) is 5.71. The molecule has 0 bridgehead atoms. The van der Waals surface area contributed by atoms with Crippen LogP contribution in [0.5, 0.6) is 0 Å². The molecule has 1 aliphatic heterocycles. The summed E-state index contributed by atoms with van der Waals surface area (Å²) in [5.74, 6) is -0.0238. The average Bonchev–Trinajstić information content (AvgIpc) is 3.35. The largest absolute Gasteiger partial charge is 0.494 e. The van der Waals surface area contributed by atoms with Gasteiger partial charge >= 0.3 is 7.12 Å². The topological polar surface area (TPSA) is 23.4 Å². The monoisotopic (exact) mass is 491 g/mol. The SMILES string of the molecule is CC(C)C1(C)OB(c2ccc(F)c(-c3ccccc3-n3c4ccccc4c4ccccc43)c2)OC1(C)C. The molecule has 0 radical (unpaired) electrons. The number of fused-ring (bicyclic) bond motifs is 3. The van der Waals surface area contributed by atoms with Gasteiger partial charge in [-0.05, 0) is 56.4 Å². The summed E-state index contributed by atoms with van der Waals surface area (Å²) in [5, 5.41) is 2.34. The Morgan fingerprint density at radius 2 is 1.32 bits per heavy atom. The number of hydrogen-bond acceptors (Lipinski definition) is 2. The van der Waals surface area contributed by atoms with Gasteiger partial charge in [-0.1, -0.05) is 80.6 Å². The van der Waals surface area contributed by atoms with E-state index in [-0.39, 0.29) is 11.7 Å². The highest BCUT2D eigenvalue weighted by atomic mass is 19.1. The first-order valence-electron chi connectivity index (χ1n) is 12.9. The fourth-order valence-electron chi connectivity index (χ4n) is 5.71. The second-order valence-corrected chi connectivity index (χ2v) is 11.0. The summed E-state index contributed by atoms with van der Waals surface area (Å²) in [7, 11) is -0.567. The van der Waals surface area contributed by atoms with Gasteiger partial charge in [0.2, 0.25) is 0 Å². The molecule has 1 aliphatic rings. The Labute approximate surface area is 218 Å². The average molecular weight is 491 g/mol. The first-order valence-corrected chi connectivity index (χ1v) is 12.9. The quantitative estimate of drug-likeness (QED) is 0.243. The molecule has 0 amide bonds. The van der Waals surface area contributed by atoms with Crippen LogP contribution in [0.2, 0.25) is 0 Å². The number of benzene rings is 4. The maximum absolute atomic E-state index is 15.5. The molecular formula is C32H31BFNO2. The Morgan fingerprint density at radius 1 is 0.730 bits per heavy atom. The van der Waals surface area contributed by atoms with Crippen molar-refractivity contribution in [3.63, 3.8) is 0 Å². The Hall–Kier alpha value is -3.41. The Morgan fingerprint density at radius 3 is 1.95 bits per heavy atom. The van der Waals surface area contributed by atoms with Gasteiger partial charge in [-0.2, -0.15) is 0 Å². The molecule has 0 aliphatic carbocycles. The standard InChI is InChI=1S/C32H31BFNO2/c1-21(2)32(5)31(3,4)36-33(37-32)22-18-19-27(34)26(20-22)25-14-8-11-17-30(25)35-28-15-9-6-12-23(28)24-13-7-10-16-29(24)35/h6-21H,1-5H3. The summed E-state index contributed by atoms with van der Waals surface area (Å²) >= 11 is 0. The molecule has 5 heteroatoms. The highest BCUT2D eigenvalue weighted by molar-refractivity contribution is 6.62. The highest BCUT2D eigenvalue weighted by Crippen LogP contribution is 2.42. The van der Waals surface area contributed by atoms with E-state index in [9.17, 15) is 0 Å². The first kappa shape index (κ1) is 24.0. The molecule has 4 aromatic carbocycles. The second-order valence-electron chi connectivity index (χ2n) is 11.0. The van der Waals surface area contributed by atoms with Crippen LogP contribution in [0.25, 0.3) is 38.6 Å². The van der Waals surface area contributed by atoms with Crippen molar-refractivity contribution >= 4 is 34.4 Å². The van der Waals surface area contributed by atoms with E-state index in [1.807, 2.05) is 36.4 Å². The smallest absolute Gasteiger partial charge is 0.399 e. The van der Waals surface area contributed by atoms with E-state index < -0.39 is 18.3 Å². The number of hydrogen-bond donors (Lipinski definition) is 0. The van der Waals surface area contributed by atoms with E-state index in [0.717, 1.165) is 27.7 Å². The van der Waals surface area contributed by atoms with Crippen LogP contribution in [0.15, 0.2) is 91.0 Å². The van der Waals surface area contributed by atoms with Gasteiger partial charge in [0.15, 0.2) is 0 Å². The van der Waals surface area contributed by atoms with Crippen molar-refractivity contribution in [2.24, 2.45) is 5.92 Å². The molecule has 6 rings (SSSR count). The third-order valence-corrected chi connectivity index (χ3v) is 8.33. The molecule has 186 valence electrons. The maximum Gasteiger partial charge on any atom is 0.494 e. The van der Waals surface area contributed by atoms with E-state index in [2.05, 4.69) is 81.7 Å². The molecule has 0 spiro atoms. The fraction of sp³-hybridized carbons (Fsp3) is 0.250. The lowest BCUT2D eigenvalue weighted by atomic mass is 9.77. The summed E-state index contributed by atoms with van der Waals surface area (Å²) in [6, 6.07) is 29.9. The van der Waals surface area contributed by atoms with Gasteiger partial charge in [-0.3, -0.25) is 0 Å². The summed E-state index contributed by atoms with van der Waals surface area (Å²) in [5.41, 5.74) is 4.31. The summed E-state index contributed by atoms with van der Waals surface area (Å²) in [6.45, 7) is 10.5. The van der Waals surface area contributed by atoms with E-state index >= 15 is 4.39 Å².